The summed E-state index contributed by atoms with van der Waals surface area (Å²) in [5.74, 6) is 0. The summed E-state index contributed by atoms with van der Waals surface area (Å²) in [7, 11) is -2.71. The topological polar surface area (TPSA) is 89.8 Å². The third-order valence-corrected chi connectivity index (χ3v) is 0.354. The molecule has 0 rings (SSSR count). The number of hydrogen-bond acceptors (Lipinski definition) is 2. The molecule has 0 aliphatic carbocycles. The first-order valence-corrected chi connectivity index (χ1v) is 3.91. The average molecular weight is 157 g/mol. The van der Waals surface area contributed by atoms with Crippen molar-refractivity contribution in [3.8, 4) is 0 Å². The predicted molar refractivity (Wildman–Crippen MR) is 33.9 cm³/mol. The Morgan fingerprint density at radius 1 is 1.44 bits per heavy atom. The van der Waals surface area contributed by atoms with Crippen LogP contribution in [0.3, 0.4) is 0 Å². The minimum atomic E-state index is -4.64. The number of rotatable bonds is 1. The minimum absolute atomic E-state index is 1.07. The maximum absolute atomic E-state index is 8.88. The van der Waals surface area contributed by atoms with E-state index in [9.17, 15) is 0 Å². The molecule has 0 heterocycles. The maximum Gasteiger partial charge on any atom is 0.466 e. The van der Waals surface area contributed by atoms with Crippen molar-refractivity contribution in [3.05, 3.63) is 0 Å². The third kappa shape index (κ3) is 260. The van der Waals surface area contributed by atoms with Gasteiger partial charge in [-0.2, -0.15) is 0 Å². The fourth-order valence-corrected chi connectivity index (χ4v) is 0. The first kappa shape index (κ1) is 11.8. The highest BCUT2D eigenvalue weighted by atomic mass is 31.2. The molecular weight excluding hydrogens is 145 g/mol. The van der Waals surface area contributed by atoms with Crippen LogP contribution in [-0.2, 0) is 4.57 Å². The number of phosphoric acid groups is 1. The van der Waals surface area contributed by atoms with Crippen molar-refractivity contribution in [2.75, 3.05) is 13.6 Å². The highest BCUT2D eigenvalue weighted by Crippen LogP contribution is 2.25. The second-order valence-corrected chi connectivity index (χ2v) is 2.25. The van der Waals surface area contributed by atoms with Gasteiger partial charge in [0.2, 0.25) is 0 Å². The Morgan fingerprint density at radius 3 is 1.56 bits per heavy atom. The first-order chi connectivity index (χ1) is 3.91. The zero-order valence-corrected chi connectivity index (χ0v) is 6.30. The summed E-state index contributed by atoms with van der Waals surface area (Å²) >= 11 is 0. The second-order valence-electron chi connectivity index (χ2n) is 1.22. The van der Waals surface area contributed by atoms with Crippen molar-refractivity contribution in [3.63, 3.8) is 0 Å². The highest BCUT2D eigenvalue weighted by molar-refractivity contribution is 7.45. The van der Waals surface area contributed by atoms with Gasteiger partial charge < -0.3 is 20.0 Å². The van der Waals surface area contributed by atoms with Crippen LogP contribution >= 0.6 is 7.82 Å². The van der Waals surface area contributed by atoms with E-state index in [-0.39, 0.29) is 0 Å². The molecule has 0 saturated heterocycles. The van der Waals surface area contributed by atoms with Crippen molar-refractivity contribution >= 4 is 7.82 Å². The van der Waals surface area contributed by atoms with Crippen LogP contribution in [0.5, 0.6) is 0 Å². The van der Waals surface area contributed by atoms with Crippen LogP contribution in [0.25, 0.3) is 0 Å². The summed E-state index contributed by atoms with van der Waals surface area (Å²) in [6, 6.07) is 0. The van der Waals surface area contributed by atoms with E-state index in [1.807, 2.05) is 7.05 Å². The Hall–Kier alpha value is 0.0700. The lowest BCUT2D eigenvalue weighted by molar-refractivity contribution is 0.275. The molecule has 0 atom stereocenters. The van der Waals surface area contributed by atoms with E-state index in [1.165, 1.54) is 0 Å². The minimum Gasteiger partial charge on any atom is -0.320 e. The largest absolute Gasteiger partial charge is 0.466 e. The fourth-order valence-electron chi connectivity index (χ4n) is 0. The van der Waals surface area contributed by atoms with E-state index in [1.54, 1.807) is 0 Å². The molecule has 6 heteroatoms. The van der Waals surface area contributed by atoms with Gasteiger partial charge in [-0.15, -0.1) is 0 Å². The van der Waals surface area contributed by atoms with Crippen molar-refractivity contribution < 1.29 is 19.2 Å². The van der Waals surface area contributed by atoms with Crippen LogP contribution < -0.4 is 5.32 Å². The Morgan fingerprint density at radius 2 is 1.56 bits per heavy atom. The van der Waals surface area contributed by atoms with Crippen LogP contribution in [0, 0.1) is 0 Å². The lowest BCUT2D eigenvalue weighted by Gasteiger charge is -1.82. The van der Waals surface area contributed by atoms with E-state index in [4.69, 9.17) is 19.2 Å². The standard InChI is InChI=1S/C3H9N.H3O4P/c1-3-4-2;1-5(2,3)4/h4H,3H2,1-2H3;(H3,1,2,3,4). The predicted octanol–water partition coefficient (Wildman–Crippen LogP) is -0.703. The van der Waals surface area contributed by atoms with E-state index in [2.05, 4.69) is 12.2 Å². The average Bonchev–Trinajstić information content (AvgIpc) is 1.61. The quantitative estimate of drug-likeness (QED) is 0.378. The molecule has 5 nitrogen and oxygen atoms in total. The molecule has 0 amide bonds. The van der Waals surface area contributed by atoms with E-state index in [0.29, 0.717) is 0 Å². The molecule has 0 aliphatic rings. The number of hydrogen-bond donors (Lipinski definition) is 4. The van der Waals surface area contributed by atoms with Gasteiger partial charge in [-0.05, 0) is 13.6 Å². The van der Waals surface area contributed by atoms with Gasteiger partial charge in [0, 0.05) is 0 Å². The van der Waals surface area contributed by atoms with Crippen molar-refractivity contribution in [1.82, 2.24) is 5.32 Å². The molecule has 4 N–H and O–H groups in total. The van der Waals surface area contributed by atoms with E-state index in [0.717, 1.165) is 6.54 Å². The normalized spacial score (nSPS) is 9.89. The first-order valence-electron chi connectivity index (χ1n) is 2.34. The SMILES string of the molecule is CCNC.O=P(O)(O)O. The summed E-state index contributed by atoms with van der Waals surface area (Å²) < 4.78 is 8.88. The molecule has 0 bridgehead atoms. The van der Waals surface area contributed by atoms with Gasteiger partial charge in [-0.25, -0.2) is 4.57 Å². The van der Waals surface area contributed by atoms with Gasteiger partial charge in [0.25, 0.3) is 0 Å². The van der Waals surface area contributed by atoms with Crippen LogP contribution in [0.1, 0.15) is 6.92 Å². The molecule has 0 saturated carbocycles. The summed E-state index contributed by atoms with van der Waals surface area (Å²) in [6.45, 7) is 3.14. The highest BCUT2D eigenvalue weighted by Gasteiger charge is 2.00. The van der Waals surface area contributed by atoms with Crippen LogP contribution in [0.4, 0.5) is 0 Å². The van der Waals surface area contributed by atoms with Crippen molar-refractivity contribution in [2.24, 2.45) is 0 Å². The smallest absolute Gasteiger partial charge is 0.320 e. The Labute approximate surface area is 54.0 Å². The third-order valence-electron chi connectivity index (χ3n) is 0.354. The summed E-state index contributed by atoms with van der Waals surface area (Å²) in [4.78, 5) is 21.6. The molecule has 0 aromatic rings. The molecular formula is C3H12NO4P. The maximum atomic E-state index is 8.88. The van der Waals surface area contributed by atoms with Gasteiger partial charge in [0.1, 0.15) is 0 Å². The van der Waals surface area contributed by atoms with Gasteiger partial charge in [-0.3, -0.25) is 0 Å². The zero-order chi connectivity index (χ0) is 7.91. The molecule has 0 aliphatic heterocycles. The summed E-state index contributed by atoms with van der Waals surface area (Å²) in [5.41, 5.74) is 0. The molecule has 9 heavy (non-hydrogen) atoms. The Balaban J connectivity index is 0. The van der Waals surface area contributed by atoms with Crippen molar-refractivity contribution in [1.29, 1.82) is 0 Å². The monoisotopic (exact) mass is 157 g/mol. The Bertz CT molecular complexity index is 79.5. The molecule has 0 unspecified atom stereocenters. The summed E-state index contributed by atoms with van der Waals surface area (Å²) in [6.07, 6.45) is 0. The lowest BCUT2D eigenvalue weighted by Crippen LogP contribution is -2.01. The van der Waals surface area contributed by atoms with E-state index < -0.39 is 7.82 Å². The zero-order valence-electron chi connectivity index (χ0n) is 5.40. The van der Waals surface area contributed by atoms with Crippen LogP contribution in [0.2, 0.25) is 0 Å². The summed E-state index contributed by atoms with van der Waals surface area (Å²) in [5, 5.41) is 2.93. The van der Waals surface area contributed by atoms with E-state index >= 15 is 0 Å². The lowest BCUT2D eigenvalue weighted by atomic mass is 10.8. The molecule has 0 aromatic heterocycles. The molecule has 0 spiro atoms. The van der Waals surface area contributed by atoms with Gasteiger partial charge in [0.15, 0.2) is 0 Å². The van der Waals surface area contributed by atoms with Crippen LogP contribution in [0.15, 0.2) is 0 Å². The molecule has 0 fully saturated rings. The number of nitrogens with one attached hydrogen (secondary N) is 1. The van der Waals surface area contributed by atoms with Gasteiger partial charge >= 0.3 is 7.82 Å². The second kappa shape index (κ2) is 6.19. The van der Waals surface area contributed by atoms with Crippen LogP contribution in [-0.4, -0.2) is 28.3 Å². The van der Waals surface area contributed by atoms with Crippen molar-refractivity contribution in [2.45, 2.75) is 6.92 Å². The fraction of sp³-hybridized carbons (Fsp3) is 1.00. The molecule has 0 radical (unpaired) electrons. The molecule has 58 valence electrons. The van der Waals surface area contributed by atoms with Gasteiger partial charge in [0.05, 0.1) is 0 Å². The Kier molecular flexibility index (Phi) is 8.13. The molecule has 0 aromatic carbocycles. The van der Waals surface area contributed by atoms with Gasteiger partial charge in [-0.1, -0.05) is 6.92 Å².